The van der Waals surface area contributed by atoms with Crippen molar-refractivity contribution in [1.29, 1.82) is 0 Å². The molecule has 6 nitrogen and oxygen atoms in total. The Balaban J connectivity index is 1.90. The van der Waals surface area contributed by atoms with Gasteiger partial charge in [0.25, 0.3) is 0 Å². The zero-order valence-electron chi connectivity index (χ0n) is 14.9. The molecule has 0 saturated carbocycles. The predicted octanol–water partition coefficient (Wildman–Crippen LogP) is 2.63. The highest BCUT2D eigenvalue weighted by Gasteiger charge is 2.16. The van der Waals surface area contributed by atoms with Crippen LogP contribution in [0.4, 0.5) is 8.78 Å². The summed E-state index contributed by atoms with van der Waals surface area (Å²) >= 11 is 1.08. The summed E-state index contributed by atoms with van der Waals surface area (Å²) in [6.07, 6.45) is -0.457. The molecule has 2 aromatic carbocycles. The average molecular weight is 431 g/mol. The molecular weight excluding hydrogens is 412 g/mol. The van der Waals surface area contributed by atoms with Crippen LogP contribution in [0.25, 0.3) is 0 Å². The number of aldehydes is 1. The number of methoxy groups -OCH3 is 1. The maximum absolute atomic E-state index is 14.1. The zero-order valence-corrected chi connectivity index (χ0v) is 16.6. The SMILES string of the molecule is COC(C=O)COc1c(F)cc(SCCNS(=O)(=O)c2ccccc2)cc1F. The van der Waals surface area contributed by atoms with Crippen molar-refractivity contribution in [3.8, 4) is 5.75 Å². The summed E-state index contributed by atoms with van der Waals surface area (Å²) in [4.78, 5) is 11.1. The van der Waals surface area contributed by atoms with Gasteiger partial charge in [-0.05, 0) is 24.3 Å². The molecule has 2 rings (SSSR count). The van der Waals surface area contributed by atoms with Crippen LogP contribution >= 0.6 is 11.8 Å². The molecular formula is C18H19F2NO5S2. The molecule has 0 aromatic heterocycles. The molecule has 0 radical (unpaired) electrons. The van der Waals surface area contributed by atoms with Gasteiger partial charge in [-0.3, -0.25) is 0 Å². The number of sulfonamides is 1. The van der Waals surface area contributed by atoms with Gasteiger partial charge in [0.05, 0.1) is 4.90 Å². The summed E-state index contributed by atoms with van der Waals surface area (Å²) in [5.41, 5.74) is 0. The lowest BCUT2D eigenvalue weighted by molar-refractivity contribution is -0.118. The molecule has 10 heteroatoms. The number of hydrogen-bond donors (Lipinski definition) is 1. The highest BCUT2D eigenvalue weighted by Crippen LogP contribution is 2.28. The zero-order chi connectivity index (χ0) is 20.6. The van der Waals surface area contributed by atoms with Crippen LogP contribution in [0.3, 0.4) is 0 Å². The molecule has 1 N–H and O–H groups in total. The van der Waals surface area contributed by atoms with Crippen LogP contribution < -0.4 is 9.46 Å². The van der Waals surface area contributed by atoms with Crippen molar-refractivity contribution in [2.45, 2.75) is 15.9 Å². The quantitative estimate of drug-likeness (QED) is 0.335. The van der Waals surface area contributed by atoms with E-state index in [9.17, 15) is 22.0 Å². The second-order valence-electron chi connectivity index (χ2n) is 5.50. The van der Waals surface area contributed by atoms with E-state index in [-0.39, 0.29) is 28.7 Å². The minimum atomic E-state index is -3.63. The molecule has 1 unspecified atom stereocenters. The maximum Gasteiger partial charge on any atom is 0.240 e. The highest BCUT2D eigenvalue weighted by molar-refractivity contribution is 7.99. The molecule has 0 aliphatic heterocycles. The van der Waals surface area contributed by atoms with Gasteiger partial charge in [-0.1, -0.05) is 18.2 Å². The Morgan fingerprint density at radius 1 is 1.18 bits per heavy atom. The number of carbonyl (C=O) groups is 1. The number of thioether (sulfide) groups is 1. The summed E-state index contributed by atoms with van der Waals surface area (Å²) in [6.45, 7) is -0.236. The van der Waals surface area contributed by atoms with Gasteiger partial charge in [0.15, 0.2) is 23.7 Å². The first-order valence-corrected chi connectivity index (χ1v) is 10.6. The third-order valence-electron chi connectivity index (χ3n) is 3.53. The molecule has 0 heterocycles. The second-order valence-corrected chi connectivity index (χ2v) is 8.43. The van der Waals surface area contributed by atoms with Gasteiger partial charge in [0.2, 0.25) is 10.0 Å². The van der Waals surface area contributed by atoms with Crippen molar-refractivity contribution in [2.75, 3.05) is 26.0 Å². The van der Waals surface area contributed by atoms with Gasteiger partial charge in [0.1, 0.15) is 12.7 Å². The summed E-state index contributed by atoms with van der Waals surface area (Å²) in [6, 6.07) is 10.0. The number of ether oxygens (including phenoxy) is 2. The number of benzene rings is 2. The van der Waals surface area contributed by atoms with Crippen LogP contribution in [-0.2, 0) is 19.6 Å². The predicted molar refractivity (Wildman–Crippen MR) is 101 cm³/mol. The topological polar surface area (TPSA) is 81.7 Å². The summed E-state index contributed by atoms with van der Waals surface area (Å²) < 4.78 is 64.5. The van der Waals surface area contributed by atoms with Gasteiger partial charge < -0.3 is 14.3 Å². The van der Waals surface area contributed by atoms with Crippen molar-refractivity contribution in [2.24, 2.45) is 0 Å². The monoisotopic (exact) mass is 431 g/mol. The van der Waals surface area contributed by atoms with E-state index in [0.29, 0.717) is 6.29 Å². The number of hydrogen-bond acceptors (Lipinski definition) is 6. The third kappa shape index (κ3) is 6.26. The Labute approximate surface area is 166 Å². The van der Waals surface area contributed by atoms with E-state index in [0.717, 1.165) is 23.9 Å². The molecule has 0 fully saturated rings. The molecule has 152 valence electrons. The van der Waals surface area contributed by atoms with Crippen molar-refractivity contribution in [3.05, 3.63) is 54.1 Å². The molecule has 0 aliphatic rings. The lowest BCUT2D eigenvalue weighted by Crippen LogP contribution is -2.25. The van der Waals surface area contributed by atoms with E-state index < -0.39 is 33.5 Å². The number of nitrogens with one attached hydrogen (secondary N) is 1. The minimum absolute atomic E-state index is 0.0816. The summed E-state index contributed by atoms with van der Waals surface area (Å²) in [7, 11) is -2.35. The Morgan fingerprint density at radius 3 is 2.39 bits per heavy atom. The molecule has 0 spiro atoms. The smallest absolute Gasteiger partial charge is 0.240 e. The van der Waals surface area contributed by atoms with Crippen LogP contribution in [0.1, 0.15) is 0 Å². The van der Waals surface area contributed by atoms with Crippen LogP contribution in [0.15, 0.2) is 52.3 Å². The molecule has 0 amide bonds. The normalized spacial score (nSPS) is 12.5. The van der Waals surface area contributed by atoms with E-state index in [1.54, 1.807) is 18.2 Å². The largest absolute Gasteiger partial charge is 0.484 e. The van der Waals surface area contributed by atoms with Crippen molar-refractivity contribution in [3.63, 3.8) is 0 Å². The maximum atomic E-state index is 14.1. The van der Waals surface area contributed by atoms with Gasteiger partial charge in [-0.15, -0.1) is 11.8 Å². The Bertz CT molecular complexity index is 871. The molecule has 0 bridgehead atoms. The number of rotatable bonds is 11. The van der Waals surface area contributed by atoms with Gasteiger partial charge in [-0.2, -0.15) is 0 Å². The van der Waals surface area contributed by atoms with Crippen molar-refractivity contribution >= 4 is 28.1 Å². The first-order valence-electron chi connectivity index (χ1n) is 8.15. The molecule has 1 atom stereocenters. The summed E-state index contributed by atoms with van der Waals surface area (Å²) in [5, 5.41) is 0. The third-order valence-corrected chi connectivity index (χ3v) is 5.99. The van der Waals surface area contributed by atoms with E-state index in [2.05, 4.69) is 4.72 Å². The van der Waals surface area contributed by atoms with Gasteiger partial charge in [-0.25, -0.2) is 21.9 Å². The fourth-order valence-corrected chi connectivity index (χ4v) is 4.11. The fraction of sp³-hybridized carbons (Fsp3) is 0.278. The van der Waals surface area contributed by atoms with Crippen LogP contribution in [0.5, 0.6) is 5.75 Å². The van der Waals surface area contributed by atoms with E-state index >= 15 is 0 Å². The van der Waals surface area contributed by atoms with Gasteiger partial charge in [0, 0.05) is 24.3 Å². The first-order chi connectivity index (χ1) is 13.4. The van der Waals surface area contributed by atoms with E-state index in [1.807, 2.05) is 0 Å². The van der Waals surface area contributed by atoms with E-state index in [4.69, 9.17) is 9.47 Å². The Hall–Kier alpha value is -2.01. The second kappa shape index (κ2) is 10.5. The van der Waals surface area contributed by atoms with Crippen molar-refractivity contribution in [1.82, 2.24) is 4.72 Å². The molecule has 0 aliphatic carbocycles. The van der Waals surface area contributed by atoms with E-state index in [1.165, 1.54) is 19.2 Å². The van der Waals surface area contributed by atoms with Crippen LogP contribution in [-0.4, -0.2) is 46.8 Å². The molecule has 28 heavy (non-hydrogen) atoms. The molecule has 2 aromatic rings. The standard InChI is InChI=1S/C18H19F2NO5S2/c1-25-13(11-22)12-26-18-16(19)9-14(10-17(18)20)27-8-7-21-28(23,24)15-5-3-2-4-6-15/h2-6,9-11,13,21H,7-8,12H2,1H3. The first kappa shape index (κ1) is 22.3. The lowest BCUT2D eigenvalue weighted by atomic mass is 10.3. The van der Waals surface area contributed by atoms with Crippen molar-refractivity contribution < 1.29 is 31.5 Å². The lowest BCUT2D eigenvalue weighted by Gasteiger charge is -2.13. The number of halogens is 2. The van der Waals surface area contributed by atoms with Gasteiger partial charge >= 0.3 is 0 Å². The average Bonchev–Trinajstić information content (AvgIpc) is 2.68. The summed E-state index contributed by atoms with van der Waals surface area (Å²) in [5.74, 6) is -2.18. The Morgan fingerprint density at radius 2 is 1.82 bits per heavy atom. The van der Waals surface area contributed by atoms with Crippen LogP contribution in [0, 0.1) is 11.6 Å². The Kier molecular flexibility index (Phi) is 8.36. The highest BCUT2D eigenvalue weighted by atomic mass is 32.2. The van der Waals surface area contributed by atoms with Crippen LogP contribution in [0.2, 0.25) is 0 Å². The molecule has 0 saturated heterocycles. The fourth-order valence-electron chi connectivity index (χ4n) is 2.11. The minimum Gasteiger partial charge on any atom is -0.484 e. The number of carbonyl (C=O) groups excluding carboxylic acids is 1.